The highest BCUT2D eigenvalue weighted by Gasteiger charge is 2.10. The van der Waals surface area contributed by atoms with Gasteiger partial charge in [-0.1, -0.05) is 48.0 Å². The SMILES string of the molecule is CNC(CCC(C)C)c1ccc2cc(Br)ccc2c1. The Bertz CT molecular complexity index is 548. The molecule has 0 saturated heterocycles. The van der Waals surface area contributed by atoms with Crippen molar-refractivity contribution in [2.45, 2.75) is 32.7 Å². The summed E-state index contributed by atoms with van der Waals surface area (Å²) < 4.78 is 1.14. The quantitative estimate of drug-likeness (QED) is 0.788. The molecular formula is C17H22BrN. The lowest BCUT2D eigenvalue weighted by Gasteiger charge is -2.18. The van der Waals surface area contributed by atoms with Crippen LogP contribution in [0, 0.1) is 5.92 Å². The van der Waals surface area contributed by atoms with E-state index in [2.05, 4.69) is 78.5 Å². The molecular weight excluding hydrogens is 298 g/mol. The molecule has 0 aromatic heterocycles. The van der Waals surface area contributed by atoms with Crippen LogP contribution in [-0.4, -0.2) is 7.05 Å². The fourth-order valence-corrected chi connectivity index (χ4v) is 2.81. The molecule has 0 radical (unpaired) electrons. The third kappa shape index (κ3) is 3.80. The summed E-state index contributed by atoms with van der Waals surface area (Å²) in [6.45, 7) is 4.56. The van der Waals surface area contributed by atoms with Gasteiger partial charge in [-0.05, 0) is 60.3 Å². The zero-order valence-corrected chi connectivity index (χ0v) is 13.5. The highest BCUT2D eigenvalue weighted by molar-refractivity contribution is 9.10. The Morgan fingerprint density at radius 3 is 2.37 bits per heavy atom. The van der Waals surface area contributed by atoms with Crippen LogP contribution in [0.1, 0.15) is 38.3 Å². The smallest absolute Gasteiger partial charge is 0.0317 e. The van der Waals surface area contributed by atoms with Crippen molar-refractivity contribution in [1.29, 1.82) is 0 Å². The van der Waals surface area contributed by atoms with Crippen molar-refractivity contribution >= 4 is 26.7 Å². The predicted octanol–water partition coefficient (Wildman–Crippen LogP) is 5.30. The summed E-state index contributed by atoms with van der Waals surface area (Å²) in [7, 11) is 2.05. The Balaban J connectivity index is 2.25. The van der Waals surface area contributed by atoms with E-state index in [1.165, 1.54) is 29.2 Å². The second kappa shape index (κ2) is 6.53. The summed E-state index contributed by atoms with van der Waals surface area (Å²) in [6, 6.07) is 13.7. The molecule has 0 aliphatic carbocycles. The summed E-state index contributed by atoms with van der Waals surface area (Å²) in [4.78, 5) is 0. The Kier molecular flexibility index (Phi) is 5.00. The Labute approximate surface area is 124 Å². The first kappa shape index (κ1) is 14.5. The van der Waals surface area contributed by atoms with Crippen molar-refractivity contribution in [3.63, 3.8) is 0 Å². The average molecular weight is 320 g/mol. The van der Waals surface area contributed by atoms with Crippen molar-refractivity contribution in [2.75, 3.05) is 7.05 Å². The van der Waals surface area contributed by atoms with E-state index >= 15 is 0 Å². The molecule has 1 nitrogen and oxygen atoms in total. The zero-order valence-electron chi connectivity index (χ0n) is 11.9. The number of benzene rings is 2. The van der Waals surface area contributed by atoms with Crippen molar-refractivity contribution in [3.05, 3.63) is 46.4 Å². The summed E-state index contributed by atoms with van der Waals surface area (Å²) in [5, 5.41) is 6.04. The van der Waals surface area contributed by atoms with Gasteiger partial charge >= 0.3 is 0 Å². The minimum atomic E-state index is 0.454. The third-order valence-electron chi connectivity index (χ3n) is 3.61. The van der Waals surface area contributed by atoms with E-state index in [1.54, 1.807) is 0 Å². The number of halogens is 1. The van der Waals surface area contributed by atoms with Crippen LogP contribution in [-0.2, 0) is 0 Å². The highest BCUT2D eigenvalue weighted by atomic mass is 79.9. The summed E-state index contributed by atoms with van der Waals surface area (Å²) >= 11 is 3.52. The molecule has 0 bridgehead atoms. The van der Waals surface area contributed by atoms with Crippen LogP contribution in [0.3, 0.4) is 0 Å². The molecule has 0 saturated carbocycles. The molecule has 0 aliphatic heterocycles. The molecule has 2 rings (SSSR count). The molecule has 19 heavy (non-hydrogen) atoms. The molecule has 2 heteroatoms. The van der Waals surface area contributed by atoms with Crippen molar-refractivity contribution in [2.24, 2.45) is 5.92 Å². The molecule has 1 atom stereocenters. The van der Waals surface area contributed by atoms with Crippen LogP contribution in [0.5, 0.6) is 0 Å². The average Bonchev–Trinajstić information content (AvgIpc) is 2.39. The van der Waals surface area contributed by atoms with Gasteiger partial charge in [-0.3, -0.25) is 0 Å². The number of nitrogens with one attached hydrogen (secondary N) is 1. The Morgan fingerprint density at radius 2 is 1.68 bits per heavy atom. The maximum atomic E-state index is 3.52. The first-order chi connectivity index (χ1) is 9.10. The van der Waals surface area contributed by atoms with Gasteiger partial charge in [0.2, 0.25) is 0 Å². The lowest BCUT2D eigenvalue weighted by atomic mass is 9.96. The molecule has 0 heterocycles. The van der Waals surface area contributed by atoms with E-state index < -0.39 is 0 Å². The van der Waals surface area contributed by atoms with Crippen LogP contribution in [0.25, 0.3) is 10.8 Å². The van der Waals surface area contributed by atoms with E-state index in [1.807, 2.05) is 0 Å². The van der Waals surface area contributed by atoms with Gasteiger partial charge in [0.15, 0.2) is 0 Å². The molecule has 0 amide bonds. The van der Waals surface area contributed by atoms with Crippen LogP contribution in [0.4, 0.5) is 0 Å². The maximum Gasteiger partial charge on any atom is 0.0317 e. The van der Waals surface area contributed by atoms with Crippen molar-refractivity contribution in [3.8, 4) is 0 Å². The molecule has 102 valence electrons. The number of rotatable bonds is 5. The minimum absolute atomic E-state index is 0.454. The molecule has 0 fully saturated rings. The summed E-state index contributed by atoms with van der Waals surface area (Å²) in [5.74, 6) is 0.757. The lowest BCUT2D eigenvalue weighted by Crippen LogP contribution is -2.16. The molecule has 1 N–H and O–H groups in total. The van der Waals surface area contributed by atoms with Gasteiger partial charge in [0.05, 0.1) is 0 Å². The Hall–Kier alpha value is -0.860. The summed E-state index contributed by atoms with van der Waals surface area (Å²) in [5.41, 5.74) is 1.39. The molecule has 2 aromatic carbocycles. The number of fused-ring (bicyclic) bond motifs is 1. The minimum Gasteiger partial charge on any atom is -0.313 e. The van der Waals surface area contributed by atoms with Gasteiger partial charge in [0.25, 0.3) is 0 Å². The lowest BCUT2D eigenvalue weighted by molar-refractivity contribution is 0.465. The molecule has 0 aliphatic rings. The second-order valence-corrected chi connectivity index (χ2v) is 6.48. The molecule has 1 unspecified atom stereocenters. The largest absolute Gasteiger partial charge is 0.313 e. The normalized spacial score (nSPS) is 13.1. The third-order valence-corrected chi connectivity index (χ3v) is 4.10. The van der Waals surface area contributed by atoms with E-state index in [0.29, 0.717) is 6.04 Å². The first-order valence-electron chi connectivity index (χ1n) is 6.96. The van der Waals surface area contributed by atoms with Crippen LogP contribution >= 0.6 is 15.9 Å². The van der Waals surface area contributed by atoms with Gasteiger partial charge in [0.1, 0.15) is 0 Å². The topological polar surface area (TPSA) is 12.0 Å². The van der Waals surface area contributed by atoms with Gasteiger partial charge in [-0.15, -0.1) is 0 Å². The van der Waals surface area contributed by atoms with Gasteiger partial charge in [-0.2, -0.15) is 0 Å². The molecule has 2 aromatic rings. The standard InChI is InChI=1S/C17H22BrN/c1-12(2)4-9-17(19-3)15-6-5-14-11-16(18)8-7-13(14)10-15/h5-8,10-12,17,19H,4,9H2,1-3H3. The van der Waals surface area contributed by atoms with E-state index in [4.69, 9.17) is 0 Å². The van der Waals surface area contributed by atoms with Crippen LogP contribution in [0.15, 0.2) is 40.9 Å². The van der Waals surface area contributed by atoms with Gasteiger partial charge < -0.3 is 5.32 Å². The van der Waals surface area contributed by atoms with Crippen LogP contribution < -0.4 is 5.32 Å². The second-order valence-electron chi connectivity index (χ2n) is 5.56. The predicted molar refractivity (Wildman–Crippen MR) is 87.5 cm³/mol. The van der Waals surface area contributed by atoms with E-state index in [0.717, 1.165) is 10.4 Å². The van der Waals surface area contributed by atoms with E-state index in [9.17, 15) is 0 Å². The number of hydrogen-bond donors (Lipinski definition) is 1. The monoisotopic (exact) mass is 319 g/mol. The van der Waals surface area contributed by atoms with E-state index in [-0.39, 0.29) is 0 Å². The van der Waals surface area contributed by atoms with Gasteiger partial charge in [0, 0.05) is 10.5 Å². The Morgan fingerprint density at radius 1 is 1.00 bits per heavy atom. The fraction of sp³-hybridized carbons (Fsp3) is 0.412. The molecule has 0 spiro atoms. The maximum absolute atomic E-state index is 3.52. The highest BCUT2D eigenvalue weighted by Crippen LogP contribution is 2.26. The zero-order chi connectivity index (χ0) is 13.8. The van der Waals surface area contributed by atoms with Gasteiger partial charge in [-0.25, -0.2) is 0 Å². The first-order valence-corrected chi connectivity index (χ1v) is 7.76. The van der Waals surface area contributed by atoms with Crippen LogP contribution in [0.2, 0.25) is 0 Å². The fourth-order valence-electron chi connectivity index (χ4n) is 2.43. The summed E-state index contributed by atoms with van der Waals surface area (Å²) in [6.07, 6.45) is 2.44. The van der Waals surface area contributed by atoms with Crippen molar-refractivity contribution in [1.82, 2.24) is 5.32 Å². The number of hydrogen-bond acceptors (Lipinski definition) is 1. The van der Waals surface area contributed by atoms with Crippen molar-refractivity contribution < 1.29 is 0 Å².